The zero-order valence-corrected chi connectivity index (χ0v) is 19.5. The molecule has 0 amide bonds. The molecule has 0 bridgehead atoms. The molecular formula is C29H17F9. The van der Waals surface area contributed by atoms with Crippen molar-refractivity contribution in [1.29, 1.82) is 0 Å². The van der Waals surface area contributed by atoms with Crippen LogP contribution >= 0.6 is 0 Å². The van der Waals surface area contributed by atoms with Gasteiger partial charge in [-0.1, -0.05) is 55.5 Å². The largest absolute Gasteiger partial charge is 0.422 e. The summed E-state index contributed by atoms with van der Waals surface area (Å²) >= 11 is 0. The van der Waals surface area contributed by atoms with Gasteiger partial charge >= 0.3 is 6.18 Å². The van der Waals surface area contributed by atoms with Crippen molar-refractivity contribution < 1.29 is 39.5 Å². The van der Waals surface area contributed by atoms with E-state index in [1.165, 1.54) is 49.4 Å². The molecule has 0 nitrogen and oxygen atoms in total. The van der Waals surface area contributed by atoms with Gasteiger partial charge in [0.2, 0.25) is 0 Å². The molecule has 9 heteroatoms. The molecule has 0 aliphatic rings. The topological polar surface area (TPSA) is 0 Å². The quantitative estimate of drug-likeness (QED) is 0.223. The predicted molar refractivity (Wildman–Crippen MR) is 127 cm³/mol. The molecule has 4 aromatic rings. The first-order chi connectivity index (χ1) is 17.9. The predicted octanol–water partition coefficient (Wildman–Crippen LogP) is 10.3. The van der Waals surface area contributed by atoms with E-state index in [4.69, 9.17) is 0 Å². The summed E-state index contributed by atoms with van der Waals surface area (Å²) in [6.45, 7) is 1.47. The van der Waals surface area contributed by atoms with E-state index in [9.17, 15) is 39.5 Å². The van der Waals surface area contributed by atoms with Gasteiger partial charge in [-0.2, -0.15) is 13.2 Å². The molecule has 0 unspecified atom stereocenters. The van der Waals surface area contributed by atoms with Crippen LogP contribution in [-0.2, 0) is 6.18 Å². The van der Waals surface area contributed by atoms with Crippen molar-refractivity contribution in [3.8, 4) is 33.4 Å². The zero-order valence-electron chi connectivity index (χ0n) is 19.5. The second-order valence-corrected chi connectivity index (χ2v) is 8.35. The van der Waals surface area contributed by atoms with Crippen molar-refractivity contribution in [2.45, 2.75) is 19.5 Å². The highest BCUT2D eigenvalue weighted by Crippen LogP contribution is 2.37. The maximum absolute atomic E-state index is 15.0. The lowest BCUT2D eigenvalue weighted by Gasteiger charge is -2.13. The first-order valence-electron chi connectivity index (χ1n) is 11.2. The third-order valence-corrected chi connectivity index (χ3v) is 5.91. The second kappa shape index (κ2) is 10.4. The van der Waals surface area contributed by atoms with Gasteiger partial charge in [-0.05, 0) is 52.9 Å². The minimum Gasteiger partial charge on any atom is -0.209 e. The third kappa shape index (κ3) is 5.32. The van der Waals surface area contributed by atoms with E-state index in [0.29, 0.717) is 23.3 Å². The molecule has 196 valence electrons. The van der Waals surface area contributed by atoms with E-state index in [2.05, 4.69) is 0 Å². The van der Waals surface area contributed by atoms with Gasteiger partial charge in [-0.3, -0.25) is 0 Å². The smallest absolute Gasteiger partial charge is 0.209 e. The standard InChI is InChI=1S/C29H17F9/c1-2-22(30)28(35)16-5-3-15(4-6-16)17-7-9-20(23(31)11-17)18-8-10-21(24(32)12-18)19-13-25(33)27(26(34)14-19)29(36,37)38/h3-14H,2H2,1H3. The van der Waals surface area contributed by atoms with Gasteiger partial charge < -0.3 is 0 Å². The summed E-state index contributed by atoms with van der Waals surface area (Å²) in [5.74, 6) is -7.42. The van der Waals surface area contributed by atoms with Crippen LogP contribution in [-0.4, -0.2) is 0 Å². The molecule has 0 saturated carbocycles. The molecule has 0 aliphatic carbocycles. The van der Waals surface area contributed by atoms with Crippen LogP contribution in [0.4, 0.5) is 39.5 Å². The molecule has 38 heavy (non-hydrogen) atoms. The Kier molecular flexibility index (Phi) is 7.40. The summed E-state index contributed by atoms with van der Waals surface area (Å²) < 4.78 is 124. The highest BCUT2D eigenvalue weighted by molar-refractivity contribution is 5.75. The van der Waals surface area contributed by atoms with Gasteiger partial charge in [0, 0.05) is 16.7 Å². The van der Waals surface area contributed by atoms with Crippen molar-refractivity contribution in [2.24, 2.45) is 0 Å². The molecule has 0 heterocycles. The van der Waals surface area contributed by atoms with E-state index in [1.54, 1.807) is 0 Å². The van der Waals surface area contributed by atoms with Crippen LogP contribution in [0.2, 0.25) is 0 Å². The first-order valence-corrected chi connectivity index (χ1v) is 11.2. The highest BCUT2D eigenvalue weighted by Gasteiger charge is 2.38. The second-order valence-electron chi connectivity index (χ2n) is 8.35. The van der Waals surface area contributed by atoms with Crippen molar-refractivity contribution in [3.63, 3.8) is 0 Å². The number of alkyl halides is 3. The summed E-state index contributed by atoms with van der Waals surface area (Å²) in [4.78, 5) is 0. The Morgan fingerprint density at radius 3 is 1.53 bits per heavy atom. The molecule has 0 fully saturated rings. The summed E-state index contributed by atoms with van der Waals surface area (Å²) in [6.07, 6.45) is -5.36. The van der Waals surface area contributed by atoms with E-state index in [1.807, 2.05) is 0 Å². The van der Waals surface area contributed by atoms with Crippen LogP contribution in [0, 0.1) is 23.3 Å². The van der Waals surface area contributed by atoms with Gasteiger partial charge in [0.25, 0.3) is 0 Å². The molecule has 0 aromatic heterocycles. The van der Waals surface area contributed by atoms with Gasteiger partial charge in [-0.15, -0.1) is 0 Å². The Balaban J connectivity index is 1.63. The lowest BCUT2D eigenvalue weighted by atomic mass is 9.96. The molecule has 0 saturated heterocycles. The number of benzene rings is 4. The Morgan fingerprint density at radius 2 is 1.03 bits per heavy atom. The Hall–Kier alpha value is -4.01. The van der Waals surface area contributed by atoms with E-state index in [-0.39, 0.29) is 28.7 Å². The fourth-order valence-electron chi connectivity index (χ4n) is 3.97. The minimum atomic E-state index is -5.26. The molecule has 0 spiro atoms. The normalized spacial score (nSPS) is 12.5. The Morgan fingerprint density at radius 1 is 0.579 bits per heavy atom. The van der Waals surface area contributed by atoms with Crippen LogP contribution in [0.15, 0.2) is 78.6 Å². The Bertz CT molecular complexity index is 1510. The molecule has 0 radical (unpaired) electrons. The van der Waals surface area contributed by atoms with Gasteiger partial charge in [-0.25, -0.2) is 26.3 Å². The number of halogens is 9. The van der Waals surface area contributed by atoms with Crippen LogP contribution in [0.3, 0.4) is 0 Å². The van der Waals surface area contributed by atoms with E-state index in [0.717, 1.165) is 18.2 Å². The van der Waals surface area contributed by atoms with Gasteiger partial charge in [0.05, 0.1) is 0 Å². The molecular weight excluding hydrogens is 519 g/mol. The summed E-state index contributed by atoms with van der Waals surface area (Å²) in [6, 6.07) is 13.7. The van der Waals surface area contributed by atoms with Crippen molar-refractivity contribution in [3.05, 3.63) is 113 Å². The maximum atomic E-state index is 15.0. The van der Waals surface area contributed by atoms with Crippen molar-refractivity contribution in [2.75, 3.05) is 0 Å². The molecule has 4 aromatic carbocycles. The van der Waals surface area contributed by atoms with E-state index < -0.39 is 52.2 Å². The molecule has 0 N–H and O–H groups in total. The number of hydrogen-bond acceptors (Lipinski definition) is 0. The van der Waals surface area contributed by atoms with Crippen LogP contribution in [0.1, 0.15) is 24.5 Å². The summed E-state index contributed by atoms with van der Waals surface area (Å²) in [7, 11) is 0. The molecule has 0 aliphatic heterocycles. The van der Waals surface area contributed by atoms with Crippen molar-refractivity contribution >= 4 is 5.83 Å². The lowest BCUT2D eigenvalue weighted by Crippen LogP contribution is -2.11. The summed E-state index contributed by atoms with van der Waals surface area (Å²) in [5.41, 5.74) is -1.90. The Labute approximate surface area is 211 Å². The number of allylic oxidation sites excluding steroid dienone is 1. The SMILES string of the molecule is CCC(F)=C(F)c1ccc(-c2ccc(-c3ccc(-c4cc(F)c(C(F)(F)F)c(F)c4)c(F)c3)c(F)c2)cc1. The van der Waals surface area contributed by atoms with E-state index >= 15 is 0 Å². The average Bonchev–Trinajstić information content (AvgIpc) is 2.86. The number of hydrogen-bond donors (Lipinski definition) is 0. The number of rotatable bonds is 5. The van der Waals surface area contributed by atoms with Gasteiger partial charge in [0.1, 0.15) is 34.7 Å². The van der Waals surface area contributed by atoms with Crippen molar-refractivity contribution in [1.82, 2.24) is 0 Å². The van der Waals surface area contributed by atoms with Crippen LogP contribution in [0.5, 0.6) is 0 Å². The fourth-order valence-corrected chi connectivity index (χ4v) is 3.97. The average molecular weight is 536 g/mol. The lowest BCUT2D eigenvalue weighted by molar-refractivity contribution is -0.142. The zero-order chi connectivity index (χ0) is 27.8. The summed E-state index contributed by atoms with van der Waals surface area (Å²) in [5, 5.41) is 0. The van der Waals surface area contributed by atoms with Crippen LogP contribution < -0.4 is 0 Å². The molecule has 0 atom stereocenters. The van der Waals surface area contributed by atoms with Gasteiger partial charge in [0.15, 0.2) is 5.83 Å². The highest BCUT2D eigenvalue weighted by atomic mass is 19.4. The minimum absolute atomic E-state index is 0.0143. The van der Waals surface area contributed by atoms with Crippen LogP contribution in [0.25, 0.3) is 39.2 Å². The maximum Gasteiger partial charge on any atom is 0.422 e. The monoisotopic (exact) mass is 536 g/mol. The fraction of sp³-hybridized carbons (Fsp3) is 0.103. The first kappa shape index (κ1) is 27.0. The third-order valence-electron chi connectivity index (χ3n) is 5.91. The molecule has 4 rings (SSSR count).